The largest absolute Gasteiger partial charge is 0.514 e. The molecule has 0 aliphatic rings. The van der Waals surface area contributed by atoms with Crippen LogP contribution in [0.4, 0.5) is 9.59 Å². The monoisotopic (exact) mass is 439 g/mol. The fourth-order valence-electron chi connectivity index (χ4n) is 1.71. The Kier molecular flexibility index (Phi) is 7.12. The molecule has 0 aliphatic carbocycles. The molecule has 0 saturated heterocycles. The molecule has 0 amide bonds. The summed E-state index contributed by atoms with van der Waals surface area (Å²) in [5, 5.41) is 11.3. The minimum atomic E-state index is -2.06. The van der Waals surface area contributed by atoms with E-state index in [2.05, 4.69) is 15.9 Å². The first-order valence-electron chi connectivity index (χ1n) is 7.52. The van der Waals surface area contributed by atoms with Gasteiger partial charge < -0.3 is 18.9 Å². The normalized spacial score (nSPS) is 10.6. The van der Waals surface area contributed by atoms with Gasteiger partial charge in [0, 0.05) is 20.9 Å². The van der Waals surface area contributed by atoms with Crippen LogP contribution in [0.5, 0.6) is 11.5 Å². The Balaban J connectivity index is 1.85. The Morgan fingerprint density at radius 3 is 1.56 bits per heavy atom. The van der Waals surface area contributed by atoms with Gasteiger partial charge in [-0.3, -0.25) is 10.1 Å². The number of halogens is 1. The average molecular weight is 440 g/mol. The van der Waals surface area contributed by atoms with E-state index >= 15 is 0 Å². The molecular formula is C17H14BrNO8. The Hall–Kier alpha value is -3.14. The van der Waals surface area contributed by atoms with Crippen molar-refractivity contribution in [1.82, 2.24) is 0 Å². The van der Waals surface area contributed by atoms with E-state index in [4.69, 9.17) is 18.9 Å². The van der Waals surface area contributed by atoms with Gasteiger partial charge in [0.2, 0.25) is 0 Å². The number of nitrogens with zero attached hydrogens (tertiary/aromatic N) is 1. The number of benzene rings is 2. The van der Waals surface area contributed by atoms with Crippen molar-refractivity contribution in [2.45, 2.75) is 4.45 Å². The highest BCUT2D eigenvalue weighted by Crippen LogP contribution is 2.21. The van der Waals surface area contributed by atoms with Gasteiger partial charge in [0.15, 0.2) is 13.2 Å². The van der Waals surface area contributed by atoms with Gasteiger partial charge in [-0.25, -0.2) is 9.59 Å². The molecule has 0 aromatic heterocycles. The standard InChI is InChI=1S/C17H14BrNO8/c18-17(19(22)23,11-24-15(20)26-13-7-3-1-4-8-13)12-25-16(21)27-14-9-5-2-6-10-14/h1-10H,11-12H2. The number of ether oxygens (including phenoxy) is 4. The maximum atomic E-state index is 11.6. The van der Waals surface area contributed by atoms with Gasteiger partial charge in [0.05, 0.1) is 0 Å². The summed E-state index contributed by atoms with van der Waals surface area (Å²) in [5.74, 6) is 0.429. The summed E-state index contributed by atoms with van der Waals surface area (Å²) in [6.45, 7) is -1.49. The van der Waals surface area contributed by atoms with E-state index in [1.165, 1.54) is 24.3 Å². The molecule has 0 atom stereocenters. The maximum absolute atomic E-state index is 11.6. The van der Waals surface area contributed by atoms with E-state index in [0.29, 0.717) is 0 Å². The first kappa shape index (κ1) is 20.2. The van der Waals surface area contributed by atoms with Crippen LogP contribution in [0.1, 0.15) is 0 Å². The van der Waals surface area contributed by atoms with Gasteiger partial charge in [-0.1, -0.05) is 36.4 Å². The van der Waals surface area contributed by atoms with Crippen molar-refractivity contribution in [3.8, 4) is 11.5 Å². The van der Waals surface area contributed by atoms with Gasteiger partial charge in [-0.2, -0.15) is 0 Å². The SMILES string of the molecule is O=C(OCC(Br)(COC(=O)Oc1ccccc1)[N+](=O)[O-])Oc1ccccc1. The minimum Gasteiger partial charge on any atom is -0.425 e. The van der Waals surface area contributed by atoms with Crippen LogP contribution in [0.15, 0.2) is 60.7 Å². The first-order chi connectivity index (χ1) is 12.9. The third-order valence-corrected chi connectivity index (χ3v) is 3.79. The zero-order valence-electron chi connectivity index (χ0n) is 13.8. The molecule has 0 spiro atoms. The number of para-hydroxylation sites is 2. The third-order valence-electron chi connectivity index (χ3n) is 3.04. The molecule has 0 unspecified atom stereocenters. The summed E-state index contributed by atoms with van der Waals surface area (Å²) in [7, 11) is 0. The van der Waals surface area contributed by atoms with Crippen molar-refractivity contribution in [1.29, 1.82) is 0 Å². The average Bonchev–Trinajstić information content (AvgIpc) is 2.66. The lowest BCUT2D eigenvalue weighted by molar-refractivity contribution is -0.541. The fourth-order valence-corrected chi connectivity index (χ4v) is 1.94. The summed E-state index contributed by atoms with van der Waals surface area (Å²) in [6, 6.07) is 16.1. The van der Waals surface area contributed by atoms with Crippen LogP contribution in [0.3, 0.4) is 0 Å². The summed E-state index contributed by atoms with van der Waals surface area (Å²) in [6.07, 6.45) is -2.28. The maximum Gasteiger partial charge on any atom is 0.514 e. The van der Waals surface area contributed by atoms with Crippen molar-refractivity contribution >= 4 is 28.2 Å². The lowest BCUT2D eigenvalue weighted by Gasteiger charge is -2.18. The van der Waals surface area contributed by atoms with E-state index in [1.807, 2.05) is 0 Å². The second-order valence-corrected chi connectivity index (χ2v) is 6.56. The van der Waals surface area contributed by atoms with E-state index in [-0.39, 0.29) is 11.5 Å². The number of carbonyl (C=O) groups excluding carboxylic acids is 2. The quantitative estimate of drug-likeness (QED) is 0.160. The summed E-state index contributed by atoms with van der Waals surface area (Å²) in [5.41, 5.74) is 0. The predicted octanol–water partition coefficient (Wildman–Crippen LogP) is 3.79. The second kappa shape index (κ2) is 9.53. The Labute approximate surface area is 162 Å². The molecule has 142 valence electrons. The molecule has 10 heteroatoms. The van der Waals surface area contributed by atoms with Gasteiger partial charge in [-0.05, 0) is 24.3 Å². The van der Waals surface area contributed by atoms with E-state index in [1.54, 1.807) is 36.4 Å². The highest BCUT2D eigenvalue weighted by atomic mass is 79.9. The van der Waals surface area contributed by atoms with Crippen LogP contribution in [0, 0.1) is 10.1 Å². The molecule has 9 nitrogen and oxygen atoms in total. The lowest BCUT2D eigenvalue weighted by Crippen LogP contribution is -2.43. The van der Waals surface area contributed by atoms with Crippen molar-refractivity contribution in [2.24, 2.45) is 0 Å². The summed E-state index contributed by atoms with van der Waals surface area (Å²) < 4.78 is 17.1. The molecule has 0 bridgehead atoms. The van der Waals surface area contributed by atoms with Crippen LogP contribution < -0.4 is 9.47 Å². The highest BCUT2D eigenvalue weighted by Gasteiger charge is 2.44. The van der Waals surface area contributed by atoms with Crippen molar-refractivity contribution in [3.63, 3.8) is 0 Å². The molecular weight excluding hydrogens is 426 g/mol. The van der Waals surface area contributed by atoms with Crippen LogP contribution in [-0.2, 0) is 9.47 Å². The van der Waals surface area contributed by atoms with Crippen LogP contribution in [0.2, 0.25) is 0 Å². The molecule has 0 N–H and O–H groups in total. The van der Waals surface area contributed by atoms with Gasteiger partial charge in [0.1, 0.15) is 11.5 Å². The molecule has 2 rings (SSSR count). The summed E-state index contributed by atoms with van der Waals surface area (Å²) in [4.78, 5) is 33.7. The van der Waals surface area contributed by atoms with Crippen LogP contribution in [-0.4, -0.2) is 34.9 Å². The molecule has 2 aromatic carbocycles. The van der Waals surface area contributed by atoms with Crippen molar-refractivity contribution in [2.75, 3.05) is 13.2 Å². The van der Waals surface area contributed by atoms with Crippen LogP contribution >= 0.6 is 15.9 Å². The summed E-state index contributed by atoms with van der Waals surface area (Å²) >= 11 is 2.81. The van der Waals surface area contributed by atoms with E-state index in [9.17, 15) is 19.7 Å². The van der Waals surface area contributed by atoms with E-state index < -0.39 is 34.9 Å². The smallest absolute Gasteiger partial charge is 0.425 e. The molecule has 27 heavy (non-hydrogen) atoms. The zero-order valence-corrected chi connectivity index (χ0v) is 15.4. The van der Waals surface area contributed by atoms with Crippen LogP contribution in [0.25, 0.3) is 0 Å². The highest BCUT2D eigenvalue weighted by molar-refractivity contribution is 9.10. The molecule has 0 fully saturated rings. The number of rotatable bonds is 7. The molecule has 0 saturated carbocycles. The number of hydrogen-bond donors (Lipinski definition) is 0. The fraction of sp³-hybridized carbons (Fsp3) is 0.176. The molecule has 0 heterocycles. The van der Waals surface area contributed by atoms with Gasteiger partial charge >= 0.3 is 16.8 Å². The molecule has 0 radical (unpaired) electrons. The number of hydrogen-bond acceptors (Lipinski definition) is 8. The second-order valence-electron chi connectivity index (χ2n) is 5.08. The predicted molar refractivity (Wildman–Crippen MR) is 95.5 cm³/mol. The Bertz CT molecular complexity index is 727. The van der Waals surface area contributed by atoms with Gasteiger partial charge in [-0.15, -0.1) is 0 Å². The van der Waals surface area contributed by atoms with Gasteiger partial charge in [0.25, 0.3) is 0 Å². The Morgan fingerprint density at radius 1 is 0.852 bits per heavy atom. The number of nitro groups is 1. The van der Waals surface area contributed by atoms with Crippen molar-refractivity contribution in [3.05, 3.63) is 70.8 Å². The molecule has 2 aromatic rings. The molecule has 0 aliphatic heterocycles. The minimum absolute atomic E-state index is 0.214. The van der Waals surface area contributed by atoms with E-state index in [0.717, 1.165) is 0 Å². The lowest BCUT2D eigenvalue weighted by atomic mass is 10.3. The number of carbonyl (C=O) groups is 2. The first-order valence-corrected chi connectivity index (χ1v) is 8.31. The zero-order chi connectivity index (χ0) is 19.7. The Morgan fingerprint density at radius 2 is 1.22 bits per heavy atom. The number of alkyl halides is 1. The van der Waals surface area contributed by atoms with Crippen molar-refractivity contribution < 1.29 is 33.5 Å². The third kappa shape index (κ3) is 6.59. The topological polar surface area (TPSA) is 114 Å².